The van der Waals surface area contributed by atoms with Crippen molar-refractivity contribution in [2.24, 2.45) is 16.8 Å². The average molecular weight is 418 g/mol. The van der Waals surface area contributed by atoms with Crippen LogP contribution in [0.2, 0.25) is 0 Å². The average Bonchev–Trinajstić information content (AvgIpc) is 3.22. The van der Waals surface area contributed by atoms with Crippen LogP contribution in [-0.4, -0.2) is 41.9 Å². The summed E-state index contributed by atoms with van der Waals surface area (Å²) >= 11 is 1.66. The van der Waals surface area contributed by atoms with E-state index in [4.69, 9.17) is 21.4 Å². The summed E-state index contributed by atoms with van der Waals surface area (Å²) in [6, 6.07) is 7.35. The van der Waals surface area contributed by atoms with Crippen LogP contribution < -0.4 is 26.7 Å². The van der Waals surface area contributed by atoms with Gasteiger partial charge in [0.1, 0.15) is 18.7 Å². The van der Waals surface area contributed by atoms with Crippen molar-refractivity contribution in [3.63, 3.8) is 0 Å². The lowest BCUT2D eigenvalue weighted by Gasteiger charge is -2.31. The number of nitrogens with zero attached hydrogens (tertiary/aromatic N) is 4. The number of hydrogen-bond donors (Lipinski definition) is 3. The lowest BCUT2D eigenvalue weighted by Crippen LogP contribution is -2.44. The highest BCUT2D eigenvalue weighted by Gasteiger charge is 2.25. The number of aromatic nitrogens is 1. The fourth-order valence-electron chi connectivity index (χ4n) is 3.18. The van der Waals surface area contributed by atoms with E-state index >= 15 is 0 Å². The molecule has 3 rings (SSSR count). The normalized spacial score (nSPS) is 14.9. The molecule has 1 aliphatic rings. The lowest BCUT2D eigenvalue weighted by molar-refractivity contribution is 0.182. The van der Waals surface area contributed by atoms with E-state index in [9.17, 15) is 4.79 Å². The van der Waals surface area contributed by atoms with E-state index in [2.05, 4.69) is 10.4 Å². The van der Waals surface area contributed by atoms with Crippen LogP contribution in [0.15, 0.2) is 34.7 Å². The molecule has 1 fully saturated rings. The number of urea groups is 1. The molecule has 10 heteroatoms. The fourth-order valence-corrected chi connectivity index (χ4v) is 4.15. The van der Waals surface area contributed by atoms with Crippen LogP contribution in [0, 0.1) is 0 Å². The zero-order valence-electron chi connectivity index (χ0n) is 16.5. The van der Waals surface area contributed by atoms with Gasteiger partial charge in [-0.2, -0.15) is 5.10 Å². The zero-order valence-corrected chi connectivity index (χ0v) is 17.3. The number of hydrazone groups is 1. The molecule has 5 N–H and O–H groups in total. The van der Waals surface area contributed by atoms with Crippen molar-refractivity contribution in [1.82, 2.24) is 15.2 Å². The Hall–Kier alpha value is -2.85. The van der Waals surface area contributed by atoms with Crippen LogP contribution >= 0.6 is 11.3 Å². The molecule has 2 aromatic rings. The van der Waals surface area contributed by atoms with E-state index in [-0.39, 0.29) is 6.03 Å². The molecule has 0 bridgehead atoms. The lowest BCUT2D eigenvalue weighted by atomic mass is 9.98. The quantitative estimate of drug-likeness (QED) is 0.275. The van der Waals surface area contributed by atoms with Gasteiger partial charge < -0.3 is 20.8 Å². The van der Waals surface area contributed by atoms with Crippen molar-refractivity contribution < 1.29 is 9.53 Å². The molecule has 0 atom stereocenters. The number of likely N-dealkylation sites (tertiary alicyclic amines) is 1. The standard InChI is InChI=1S/C19H27N7O2S/c1-2-22-19(27)25-9-7-14(8-10-25)18-24-15(12-29-18)11-28-17-5-3-16(4-6-17)26(21)13-23-20/h3-6,12-14H,2,7-11,20-21H2,1H3,(H,22,27)/b23-13-. The number of hydrogen-bond acceptors (Lipinski definition) is 7. The van der Waals surface area contributed by atoms with E-state index < -0.39 is 0 Å². The smallest absolute Gasteiger partial charge is 0.317 e. The summed E-state index contributed by atoms with van der Waals surface area (Å²) in [7, 11) is 0. The van der Waals surface area contributed by atoms with Crippen molar-refractivity contribution >= 4 is 29.4 Å². The number of carbonyl (C=O) groups is 1. The van der Waals surface area contributed by atoms with Crippen molar-refractivity contribution in [1.29, 1.82) is 0 Å². The number of carbonyl (C=O) groups excluding carboxylic acids is 1. The molecule has 9 nitrogen and oxygen atoms in total. The van der Waals surface area contributed by atoms with Crippen LogP contribution in [0.5, 0.6) is 5.75 Å². The zero-order chi connectivity index (χ0) is 20.6. The molecule has 0 spiro atoms. The Morgan fingerprint density at radius 3 is 2.79 bits per heavy atom. The Balaban J connectivity index is 1.49. The van der Waals surface area contributed by atoms with Crippen molar-refractivity contribution in [3.8, 4) is 5.75 Å². The van der Waals surface area contributed by atoms with E-state index in [1.54, 1.807) is 11.3 Å². The molecule has 2 heterocycles. The van der Waals surface area contributed by atoms with E-state index in [0.29, 0.717) is 19.1 Å². The molecular weight excluding hydrogens is 390 g/mol. The number of anilines is 1. The van der Waals surface area contributed by atoms with Gasteiger partial charge in [0.15, 0.2) is 0 Å². The Labute approximate surface area is 174 Å². The summed E-state index contributed by atoms with van der Waals surface area (Å²) < 4.78 is 5.83. The SMILES string of the molecule is CCNC(=O)N1CCC(c2nc(COc3ccc(N(N)/C=N\N)cc3)cs2)CC1. The summed E-state index contributed by atoms with van der Waals surface area (Å²) in [5.74, 6) is 12.0. The molecule has 29 heavy (non-hydrogen) atoms. The number of hydrazine groups is 1. The molecule has 0 aliphatic carbocycles. The minimum Gasteiger partial charge on any atom is -0.487 e. The number of thiazole rings is 1. The highest BCUT2D eigenvalue weighted by atomic mass is 32.1. The fraction of sp³-hybridized carbons (Fsp3) is 0.421. The highest BCUT2D eigenvalue weighted by Crippen LogP contribution is 2.30. The minimum atomic E-state index is 0.0262. The maximum Gasteiger partial charge on any atom is 0.317 e. The number of amides is 2. The van der Waals surface area contributed by atoms with Gasteiger partial charge in [-0.3, -0.25) is 5.01 Å². The van der Waals surface area contributed by atoms with Crippen molar-refractivity contribution in [2.75, 3.05) is 24.6 Å². The van der Waals surface area contributed by atoms with Gasteiger partial charge in [-0.05, 0) is 44.0 Å². The van der Waals surface area contributed by atoms with Crippen LogP contribution in [-0.2, 0) is 6.61 Å². The molecule has 2 amide bonds. The molecule has 0 unspecified atom stereocenters. The van der Waals surface area contributed by atoms with Gasteiger partial charge in [-0.1, -0.05) is 0 Å². The van der Waals surface area contributed by atoms with Crippen LogP contribution in [0.4, 0.5) is 10.5 Å². The first-order chi connectivity index (χ1) is 14.1. The Kier molecular flexibility index (Phi) is 7.25. The number of rotatable bonds is 7. The van der Waals surface area contributed by atoms with Crippen molar-refractivity contribution in [2.45, 2.75) is 32.3 Å². The van der Waals surface area contributed by atoms with E-state index in [1.165, 1.54) is 11.3 Å². The molecular formula is C19H27N7O2S. The third-order valence-corrected chi connectivity index (χ3v) is 5.80. The molecule has 156 valence electrons. The van der Waals surface area contributed by atoms with Crippen molar-refractivity contribution in [3.05, 3.63) is 40.3 Å². The monoisotopic (exact) mass is 417 g/mol. The molecule has 1 aromatic carbocycles. The summed E-state index contributed by atoms with van der Waals surface area (Å²) in [4.78, 5) is 18.5. The van der Waals surface area contributed by atoms with Gasteiger partial charge in [0, 0.05) is 30.9 Å². The van der Waals surface area contributed by atoms with Crippen LogP contribution in [0.25, 0.3) is 0 Å². The maximum absolute atomic E-state index is 11.9. The number of piperidine rings is 1. The number of nitrogens with two attached hydrogens (primary N) is 2. The highest BCUT2D eigenvalue weighted by molar-refractivity contribution is 7.09. The van der Waals surface area contributed by atoms with Gasteiger partial charge in [0.25, 0.3) is 0 Å². The second-order valence-electron chi connectivity index (χ2n) is 6.73. The molecule has 0 radical (unpaired) electrons. The number of benzene rings is 1. The molecule has 1 saturated heterocycles. The van der Waals surface area contributed by atoms with Gasteiger partial charge in [-0.15, -0.1) is 11.3 Å². The minimum absolute atomic E-state index is 0.0262. The maximum atomic E-state index is 11.9. The number of ether oxygens (including phenoxy) is 1. The molecule has 1 aromatic heterocycles. The van der Waals surface area contributed by atoms with Gasteiger partial charge in [-0.25, -0.2) is 15.6 Å². The van der Waals surface area contributed by atoms with Gasteiger partial charge >= 0.3 is 6.03 Å². The molecule has 1 aliphatic heterocycles. The first kappa shape index (κ1) is 20.9. The Bertz CT molecular complexity index is 816. The summed E-state index contributed by atoms with van der Waals surface area (Å²) in [6.45, 7) is 4.53. The second-order valence-corrected chi connectivity index (χ2v) is 7.62. The summed E-state index contributed by atoms with van der Waals surface area (Å²) in [5.41, 5.74) is 1.66. The van der Waals surface area contributed by atoms with E-state index in [0.717, 1.165) is 48.1 Å². The second kappa shape index (κ2) is 10.1. The van der Waals surface area contributed by atoms with Gasteiger partial charge in [0.2, 0.25) is 0 Å². The topological polar surface area (TPSA) is 122 Å². The largest absolute Gasteiger partial charge is 0.487 e. The van der Waals surface area contributed by atoms with Gasteiger partial charge in [0.05, 0.1) is 16.4 Å². The first-order valence-corrected chi connectivity index (χ1v) is 10.5. The predicted molar refractivity (Wildman–Crippen MR) is 115 cm³/mol. The predicted octanol–water partition coefficient (Wildman–Crippen LogP) is 2.21. The molecule has 0 saturated carbocycles. The first-order valence-electron chi connectivity index (χ1n) is 9.58. The van der Waals surface area contributed by atoms with Crippen LogP contribution in [0.3, 0.4) is 0 Å². The number of nitrogens with one attached hydrogen (secondary N) is 1. The third-order valence-electron chi connectivity index (χ3n) is 4.74. The third kappa shape index (κ3) is 5.58. The Morgan fingerprint density at radius 1 is 1.41 bits per heavy atom. The summed E-state index contributed by atoms with van der Waals surface area (Å²) in [5, 5.41) is 10.7. The Morgan fingerprint density at radius 2 is 2.14 bits per heavy atom. The summed E-state index contributed by atoms with van der Waals surface area (Å²) in [6.07, 6.45) is 3.20. The van der Waals surface area contributed by atoms with Crippen LogP contribution in [0.1, 0.15) is 36.4 Å². The van der Waals surface area contributed by atoms with E-state index in [1.807, 2.05) is 41.5 Å².